The summed E-state index contributed by atoms with van der Waals surface area (Å²) in [5.74, 6) is 0. The molecule has 6 nitrogen and oxygen atoms in total. The molecule has 18 heavy (non-hydrogen) atoms. The van der Waals surface area contributed by atoms with E-state index in [0.29, 0.717) is 10.7 Å². The summed E-state index contributed by atoms with van der Waals surface area (Å²) >= 11 is 5.99. The Morgan fingerprint density at radius 2 is 2.28 bits per heavy atom. The molecule has 2 aromatic rings. The van der Waals surface area contributed by atoms with Gasteiger partial charge in [-0.25, -0.2) is 0 Å². The Hall–Kier alpha value is -2.08. The summed E-state index contributed by atoms with van der Waals surface area (Å²) in [5, 5.41) is 20.8. The molecule has 0 bridgehead atoms. The van der Waals surface area contributed by atoms with Crippen LogP contribution in [0.3, 0.4) is 0 Å². The second-order valence-electron chi connectivity index (χ2n) is 3.80. The van der Waals surface area contributed by atoms with Crippen LogP contribution in [-0.2, 0) is 0 Å². The summed E-state index contributed by atoms with van der Waals surface area (Å²) in [6, 6.07) is 6.15. The highest BCUT2D eigenvalue weighted by Gasteiger charge is 2.12. The average Bonchev–Trinajstić information content (AvgIpc) is 2.85. The van der Waals surface area contributed by atoms with Crippen molar-refractivity contribution in [2.75, 3.05) is 5.32 Å². The summed E-state index contributed by atoms with van der Waals surface area (Å²) in [7, 11) is 0. The van der Waals surface area contributed by atoms with Crippen LogP contribution in [0.1, 0.15) is 18.7 Å². The lowest BCUT2D eigenvalue weighted by Gasteiger charge is -2.14. The standard InChI is InChI=1S/C11H11ClN4O2/c1-7(10-4-5-13-15-10)14-11-3-2-8(16(17)18)6-9(11)12/h2-7,14H,1H3,(H,13,15). The van der Waals surface area contributed by atoms with Gasteiger partial charge in [-0.2, -0.15) is 5.10 Å². The smallest absolute Gasteiger partial charge is 0.271 e. The number of hydrogen-bond acceptors (Lipinski definition) is 4. The fraction of sp³-hybridized carbons (Fsp3) is 0.182. The van der Waals surface area contributed by atoms with Gasteiger partial charge in [-0.05, 0) is 19.1 Å². The van der Waals surface area contributed by atoms with E-state index in [1.165, 1.54) is 12.1 Å². The first kappa shape index (κ1) is 12.4. The number of non-ortho nitro benzene ring substituents is 1. The Kier molecular flexibility index (Phi) is 3.47. The van der Waals surface area contributed by atoms with E-state index in [4.69, 9.17) is 11.6 Å². The molecule has 0 radical (unpaired) electrons. The number of halogens is 1. The quantitative estimate of drug-likeness (QED) is 0.658. The maximum absolute atomic E-state index is 10.6. The van der Waals surface area contributed by atoms with Gasteiger partial charge in [-0.15, -0.1) is 0 Å². The molecule has 0 amide bonds. The summed E-state index contributed by atoms with van der Waals surface area (Å²) in [4.78, 5) is 10.1. The van der Waals surface area contributed by atoms with E-state index in [-0.39, 0.29) is 11.7 Å². The van der Waals surface area contributed by atoms with E-state index >= 15 is 0 Å². The molecular formula is C11H11ClN4O2. The fourth-order valence-electron chi connectivity index (χ4n) is 1.55. The van der Waals surface area contributed by atoms with Gasteiger partial charge in [0.15, 0.2) is 0 Å². The maximum Gasteiger partial charge on any atom is 0.271 e. The molecule has 2 N–H and O–H groups in total. The van der Waals surface area contributed by atoms with Gasteiger partial charge in [0.1, 0.15) is 0 Å². The van der Waals surface area contributed by atoms with E-state index in [1.54, 1.807) is 12.3 Å². The van der Waals surface area contributed by atoms with E-state index in [9.17, 15) is 10.1 Å². The monoisotopic (exact) mass is 266 g/mol. The van der Waals surface area contributed by atoms with Crippen molar-refractivity contribution in [1.29, 1.82) is 0 Å². The van der Waals surface area contributed by atoms with Crippen LogP contribution in [-0.4, -0.2) is 15.1 Å². The molecule has 1 heterocycles. The van der Waals surface area contributed by atoms with Crippen LogP contribution >= 0.6 is 11.6 Å². The second kappa shape index (κ2) is 5.05. The Balaban J connectivity index is 2.17. The van der Waals surface area contributed by atoms with Crippen LogP contribution in [0.2, 0.25) is 5.02 Å². The van der Waals surface area contributed by atoms with E-state index < -0.39 is 4.92 Å². The summed E-state index contributed by atoms with van der Waals surface area (Å²) in [6.07, 6.45) is 1.66. The van der Waals surface area contributed by atoms with Crippen LogP contribution in [0, 0.1) is 10.1 Å². The SMILES string of the molecule is CC(Nc1ccc([N+](=O)[O-])cc1Cl)c1ccn[nH]1. The minimum atomic E-state index is -0.478. The zero-order chi connectivity index (χ0) is 13.1. The second-order valence-corrected chi connectivity index (χ2v) is 4.21. The molecule has 0 aliphatic rings. The largest absolute Gasteiger partial charge is 0.376 e. The highest BCUT2D eigenvalue weighted by molar-refractivity contribution is 6.33. The first-order valence-electron chi connectivity index (χ1n) is 5.27. The molecule has 1 aromatic heterocycles. The predicted octanol–water partition coefficient (Wildman–Crippen LogP) is 3.14. The molecule has 7 heteroatoms. The molecule has 0 fully saturated rings. The third-order valence-electron chi connectivity index (χ3n) is 2.52. The number of anilines is 1. The van der Waals surface area contributed by atoms with Gasteiger partial charge in [0.05, 0.1) is 27.4 Å². The first-order valence-corrected chi connectivity index (χ1v) is 5.65. The van der Waals surface area contributed by atoms with Crippen molar-refractivity contribution in [3.05, 3.63) is 51.3 Å². The van der Waals surface area contributed by atoms with Gasteiger partial charge < -0.3 is 5.32 Å². The topological polar surface area (TPSA) is 83.8 Å². The van der Waals surface area contributed by atoms with Crippen LogP contribution in [0.25, 0.3) is 0 Å². The van der Waals surface area contributed by atoms with Crippen molar-refractivity contribution in [1.82, 2.24) is 10.2 Å². The molecule has 0 aliphatic heterocycles. The number of aromatic amines is 1. The van der Waals surface area contributed by atoms with Crippen LogP contribution < -0.4 is 5.32 Å². The molecule has 2 rings (SSSR count). The Morgan fingerprint density at radius 1 is 1.50 bits per heavy atom. The van der Waals surface area contributed by atoms with Gasteiger partial charge in [-0.1, -0.05) is 11.6 Å². The Bertz CT molecular complexity index is 556. The number of hydrogen-bond donors (Lipinski definition) is 2. The first-order chi connectivity index (χ1) is 8.58. The van der Waals surface area contributed by atoms with Gasteiger partial charge >= 0.3 is 0 Å². The number of benzene rings is 1. The van der Waals surface area contributed by atoms with Crippen molar-refractivity contribution in [3.8, 4) is 0 Å². The number of H-pyrrole nitrogens is 1. The number of aromatic nitrogens is 2. The number of nitrogens with zero attached hydrogens (tertiary/aromatic N) is 2. The van der Waals surface area contributed by atoms with Gasteiger partial charge in [0.2, 0.25) is 0 Å². The van der Waals surface area contributed by atoms with Crippen molar-refractivity contribution >= 4 is 23.0 Å². The highest BCUT2D eigenvalue weighted by Crippen LogP contribution is 2.29. The molecule has 0 spiro atoms. The Labute approximate surface area is 108 Å². The third-order valence-corrected chi connectivity index (χ3v) is 2.84. The maximum atomic E-state index is 10.6. The van der Waals surface area contributed by atoms with E-state index in [1.807, 2.05) is 13.0 Å². The number of nitro groups is 1. The highest BCUT2D eigenvalue weighted by atomic mass is 35.5. The van der Waals surface area contributed by atoms with Crippen molar-refractivity contribution < 1.29 is 4.92 Å². The molecule has 0 saturated heterocycles. The predicted molar refractivity (Wildman–Crippen MR) is 68.7 cm³/mol. The molecule has 1 unspecified atom stereocenters. The van der Waals surface area contributed by atoms with Crippen LogP contribution in [0.15, 0.2) is 30.5 Å². The minimum absolute atomic E-state index is 0.0218. The number of nitro benzene ring substituents is 1. The zero-order valence-electron chi connectivity index (χ0n) is 9.55. The van der Waals surface area contributed by atoms with E-state index in [2.05, 4.69) is 15.5 Å². The summed E-state index contributed by atoms with van der Waals surface area (Å²) < 4.78 is 0. The fourth-order valence-corrected chi connectivity index (χ4v) is 1.78. The normalized spacial score (nSPS) is 12.1. The molecular weight excluding hydrogens is 256 g/mol. The summed E-state index contributed by atoms with van der Waals surface area (Å²) in [6.45, 7) is 1.94. The van der Waals surface area contributed by atoms with Crippen molar-refractivity contribution in [2.24, 2.45) is 0 Å². The number of rotatable bonds is 4. The van der Waals surface area contributed by atoms with Gasteiger partial charge in [-0.3, -0.25) is 15.2 Å². The minimum Gasteiger partial charge on any atom is -0.376 e. The van der Waals surface area contributed by atoms with Crippen molar-refractivity contribution in [2.45, 2.75) is 13.0 Å². The van der Waals surface area contributed by atoms with Crippen LogP contribution in [0.5, 0.6) is 0 Å². The molecule has 0 saturated carbocycles. The number of nitrogens with one attached hydrogen (secondary N) is 2. The lowest BCUT2D eigenvalue weighted by Crippen LogP contribution is -2.07. The van der Waals surface area contributed by atoms with E-state index in [0.717, 1.165) is 5.69 Å². The Morgan fingerprint density at radius 3 is 2.83 bits per heavy atom. The summed E-state index contributed by atoms with van der Waals surface area (Å²) in [5.41, 5.74) is 1.52. The van der Waals surface area contributed by atoms with Crippen LogP contribution in [0.4, 0.5) is 11.4 Å². The molecule has 94 valence electrons. The molecule has 0 aliphatic carbocycles. The molecule has 1 atom stereocenters. The third kappa shape index (κ3) is 2.60. The van der Waals surface area contributed by atoms with Gasteiger partial charge in [0, 0.05) is 18.3 Å². The lowest BCUT2D eigenvalue weighted by molar-refractivity contribution is -0.384. The zero-order valence-corrected chi connectivity index (χ0v) is 10.3. The van der Waals surface area contributed by atoms with Gasteiger partial charge in [0.25, 0.3) is 5.69 Å². The average molecular weight is 267 g/mol. The lowest BCUT2D eigenvalue weighted by atomic mass is 10.2. The molecule has 1 aromatic carbocycles. The van der Waals surface area contributed by atoms with Crippen molar-refractivity contribution in [3.63, 3.8) is 0 Å².